The van der Waals surface area contributed by atoms with Gasteiger partial charge in [0, 0.05) is 6.42 Å². The van der Waals surface area contributed by atoms with Crippen molar-refractivity contribution in [2.75, 3.05) is 0 Å². The lowest BCUT2D eigenvalue weighted by molar-refractivity contribution is 0.570. The molecule has 0 heterocycles. The van der Waals surface area contributed by atoms with E-state index in [4.69, 9.17) is 11.0 Å². The number of nitrogens with one attached hydrogen (secondary N) is 2. The second kappa shape index (κ2) is 5.96. The molecule has 1 aromatic rings. The number of rotatable bonds is 4. The summed E-state index contributed by atoms with van der Waals surface area (Å²) in [5.41, 5.74) is 11.6. The Labute approximate surface area is 94.1 Å². The summed E-state index contributed by atoms with van der Waals surface area (Å²) in [7, 11) is 0. The number of hydrogen-bond acceptors (Lipinski definition) is 3. The molecule has 0 saturated carbocycles. The second-order valence-corrected chi connectivity index (χ2v) is 3.44. The molecule has 0 saturated heterocycles. The number of benzene rings is 1. The fourth-order valence-electron chi connectivity index (χ4n) is 1.14. The van der Waals surface area contributed by atoms with Crippen LogP contribution in [0.3, 0.4) is 0 Å². The molecule has 0 amide bonds. The molecule has 1 aromatic carbocycles. The molecular formula is C10H12N4S. The monoisotopic (exact) mass is 220 g/mol. The summed E-state index contributed by atoms with van der Waals surface area (Å²) in [6.07, 6.45) is 0.604. The van der Waals surface area contributed by atoms with Gasteiger partial charge in [-0.05, 0) is 17.8 Å². The van der Waals surface area contributed by atoms with Crippen molar-refractivity contribution in [3.8, 4) is 6.07 Å². The maximum Gasteiger partial charge on any atom is 0.178 e. The van der Waals surface area contributed by atoms with E-state index in [1.54, 1.807) is 0 Å². The van der Waals surface area contributed by atoms with Crippen LogP contribution in [-0.2, 0) is 6.42 Å². The molecule has 4 nitrogen and oxygen atoms in total. The fraction of sp³-hybridized carbons (Fsp3) is 0.200. The molecule has 0 aliphatic heterocycles. The molecule has 4 N–H and O–H groups in total. The van der Waals surface area contributed by atoms with E-state index >= 15 is 0 Å². The Morgan fingerprint density at radius 1 is 1.47 bits per heavy atom. The molecule has 0 radical (unpaired) electrons. The Morgan fingerprint density at radius 2 is 2.13 bits per heavy atom. The van der Waals surface area contributed by atoms with Gasteiger partial charge in [0.2, 0.25) is 0 Å². The van der Waals surface area contributed by atoms with Crippen molar-refractivity contribution in [1.82, 2.24) is 10.9 Å². The van der Waals surface area contributed by atoms with Crippen molar-refractivity contribution in [1.29, 1.82) is 5.26 Å². The van der Waals surface area contributed by atoms with Gasteiger partial charge in [0.15, 0.2) is 5.11 Å². The van der Waals surface area contributed by atoms with Crippen molar-refractivity contribution in [2.45, 2.75) is 12.5 Å². The van der Waals surface area contributed by atoms with Crippen LogP contribution >= 0.6 is 12.2 Å². The predicted molar refractivity (Wildman–Crippen MR) is 62.6 cm³/mol. The van der Waals surface area contributed by atoms with Crippen LogP contribution in [0, 0.1) is 11.3 Å². The SMILES string of the molecule is N#CC(Cc1ccccc1)NNC(N)=S. The average molecular weight is 220 g/mol. The molecule has 0 aliphatic carbocycles. The van der Waals surface area contributed by atoms with Crippen LogP contribution in [-0.4, -0.2) is 11.2 Å². The molecule has 0 bridgehead atoms. The predicted octanol–water partition coefficient (Wildman–Crippen LogP) is 0.459. The van der Waals surface area contributed by atoms with E-state index in [-0.39, 0.29) is 11.2 Å². The van der Waals surface area contributed by atoms with E-state index in [0.29, 0.717) is 6.42 Å². The largest absolute Gasteiger partial charge is 0.375 e. The Kier molecular flexibility index (Phi) is 4.54. The molecule has 0 spiro atoms. The maximum atomic E-state index is 8.86. The van der Waals surface area contributed by atoms with E-state index in [1.165, 1.54) is 0 Å². The number of hydrogen-bond donors (Lipinski definition) is 3. The van der Waals surface area contributed by atoms with Crippen LogP contribution in [0.5, 0.6) is 0 Å². The number of thiocarbonyl (C=S) groups is 1. The van der Waals surface area contributed by atoms with Crippen molar-refractivity contribution in [3.63, 3.8) is 0 Å². The minimum Gasteiger partial charge on any atom is -0.375 e. The quantitative estimate of drug-likeness (QED) is 0.508. The van der Waals surface area contributed by atoms with Crippen LogP contribution in [0.4, 0.5) is 0 Å². The summed E-state index contributed by atoms with van der Waals surface area (Å²) < 4.78 is 0. The Morgan fingerprint density at radius 3 is 2.67 bits per heavy atom. The summed E-state index contributed by atoms with van der Waals surface area (Å²) in [6.45, 7) is 0. The molecule has 1 unspecified atom stereocenters. The summed E-state index contributed by atoms with van der Waals surface area (Å²) in [5, 5.41) is 8.99. The molecule has 15 heavy (non-hydrogen) atoms. The summed E-state index contributed by atoms with van der Waals surface area (Å²) in [6, 6.07) is 11.5. The fourth-order valence-corrected chi connectivity index (χ4v) is 1.20. The van der Waals surface area contributed by atoms with Gasteiger partial charge in [0.1, 0.15) is 6.04 Å². The topological polar surface area (TPSA) is 73.9 Å². The van der Waals surface area contributed by atoms with Gasteiger partial charge in [-0.25, -0.2) is 5.43 Å². The molecule has 0 aromatic heterocycles. The first kappa shape index (κ1) is 11.4. The molecular weight excluding hydrogens is 208 g/mol. The molecule has 1 rings (SSSR count). The molecule has 0 fully saturated rings. The highest BCUT2D eigenvalue weighted by molar-refractivity contribution is 7.80. The lowest BCUT2D eigenvalue weighted by Gasteiger charge is -2.12. The van der Waals surface area contributed by atoms with Gasteiger partial charge in [0.25, 0.3) is 0 Å². The first-order valence-corrected chi connectivity index (χ1v) is 4.87. The van der Waals surface area contributed by atoms with Crippen LogP contribution < -0.4 is 16.6 Å². The molecule has 1 atom stereocenters. The van der Waals surface area contributed by atoms with Gasteiger partial charge in [-0.15, -0.1) is 0 Å². The van der Waals surface area contributed by atoms with Gasteiger partial charge < -0.3 is 5.73 Å². The van der Waals surface area contributed by atoms with Gasteiger partial charge in [-0.3, -0.25) is 5.43 Å². The third-order valence-corrected chi connectivity index (χ3v) is 1.91. The van der Waals surface area contributed by atoms with Crippen LogP contribution in [0.2, 0.25) is 0 Å². The first-order valence-electron chi connectivity index (χ1n) is 4.47. The first-order chi connectivity index (χ1) is 7.22. The minimum atomic E-state index is -0.353. The molecule has 5 heteroatoms. The van der Waals surface area contributed by atoms with Crippen LogP contribution in [0.15, 0.2) is 30.3 Å². The van der Waals surface area contributed by atoms with Crippen molar-refractivity contribution < 1.29 is 0 Å². The van der Waals surface area contributed by atoms with Gasteiger partial charge in [-0.2, -0.15) is 5.26 Å². The highest BCUT2D eigenvalue weighted by atomic mass is 32.1. The third kappa shape index (κ3) is 4.40. The van der Waals surface area contributed by atoms with Gasteiger partial charge >= 0.3 is 0 Å². The summed E-state index contributed by atoms with van der Waals surface area (Å²) in [4.78, 5) is 0. The zero-order chi connectivity index (χ0) is 11.1. The lowest BCUT2D eigenvalue weighted by Crippen LogP contribution is -2.46. The Bertz CT molecular complexity index is 357. The van der Waals surface area contributed by atoms with Crippen molar-refractivity contribution >= 4 is 17.3 Å². The van der Waals surface area contributed by atoms with E-state index in [2.05, 4.69) is 29.1 Å². The van der Waals surface area contributed by atoms with E-state index < -0.39 is 0 Å². The van der Waals surface area contributed by atoms with E-state index in [1.807, 2.05) is 30.3 Å². The smallest absolute Gasteiger partial charge is 0.178 e. The van der Waals surface area contributed by atoms with E-state index in [9.17, 15) is 0 Å². The number of nitriles is 1. The van der Waals surface area contributed by atoms with Crippen molar-refractivity contribution in [3.05, 3.63) is 35.9 Å². The Balaban J connectivity index is 2.48. The number of nitrogens with zero attached hydrogens (tertiary/aromatic N) is 1. The maximum absolute atomic E-state index is 8.86. The Hall–Kier alpha value is -1.64. The van der Waals surface area contributed by atoms with Crippen LogP contribution in [0.1, 0.15) is 5.56 Å². The van der Waals surface area contributed by atoms with Crippen molar-refractivity contribution in [2.24, 2.45) is 5.73 Å². The lowest BCUT2D eigenvalue weighted by atomic mass is 10.1. The normalized spacial score (nSPS) is 11.4. The molecule has 78 valence electrons. The van der Waals surface area contributed by atoms with Gasteiger partial charge in [0.05, 0.1) is 6.07 Å². The third-order valence-electron chi connectivity index (χ3n) is 1.81. The summed E-state index contributed by atoms with van der Waals surface area (Å²) in [5.74, 6) is 0. The molecule has 0 aliphatic rings. The minimum absolute atomic E-state index is 0.128. The van der Waals surface area contributed by atoms with Gasteiger partial charge in [-0.1, -0.05) is 30.3 Å². The zero-order valence-corrected chi connectivity index (χ0v) is 8.92. The average Bonchev–Trinajstić information content (AvgIpc) is 2.25. The summed E-state index contributed by atoms with van der Waals surface area (Å²) >= 11 is 4.62. The second-order valence-electron chi connectivity index (χ2n) is 3.00. The zero-order valence-electron chi connectivity index (χ0n) is 8.10. The highest BCUT2D eigenvalue weighted by Crippen LogP contribution is 2.01. The number of nitrogens with two attached hydrogens (primary N) is 1. The van der Waals surface area contributed by atoms with E-state index in [0.717, 1.165) is 5.56 Å². The standard InChI is InChI=1S/C10H12N4S/c11-7-9(13-14-10(12)15)6-8-4-2-1-3-5-8/h1-5,9,13H,6H2,(H3,12,14,15). The van der Waals surface area contributed by atoms with Crippen LogP contribution in [0.25, 0.3) is 0 Å². The highest BCUT2D eigenvalue weighted by Gasteiger charge is 2.06. The number of hydrazine groups is 1.